The Morgan fingerprint density at radius 1 is 0.800 bits per heavy atom. The van der Waals surface area contributed by atoms with Crippen LogP contribution in [0.25, 0.3) is 0 Å². The fraction of sp³-hybridized carbons (Fsp3) is 0.429. The largest absolute Gasteiger partial charge is 0.591 e. The Bertz CT molecular complexity index is 1750. The summed E-state index contributed by atoms with van der Waals surface area (Å²) < 4.78 is 48.5. The number of hydrogen-bond acceptors (Lipinski definition) is 11. The summed E-state index contributed by atoms with van der Waals surface area (Å²) in [6.07, 6.45) is -2.11. The van der Waals surface area contributed by atoms with Crippen LogP contribution < -0.4 is 0 Å². The van der Waals surface area contributed by atoms with Crippen molar-refractivity contribution in [2.75, 3.05) is 12.4 Å². The van der Waals surface area contributed by atoms with Crippen molar-refractivity contribution in [3.8, 4) is 0 Å². The van der Waals surface area contributed by atoms with Crippen LogP contribution in [0, 0.1) is 5.92 Å². The summed E-state index contributed by atoms with van der Waals surface area (Å²) >= 11 is -0.400. The lowest BCUT2D eigenvalue weighted by atomic mass is 9.99. The summed E-state index contributed by atoms with van der Waals surface area (Å²) in [4.78, 5) is 41.3. The van der Waals surface area contributed by atoms with Gasteiger partial charge in [0, 0.05) is 18.3 Å². The average Bonchev–Trinajstić information content (AvgIpc) is 3.15. The van der Waals surface area contributed by atoms with Gasteiger partial charge in [-0.15, -0.1) is 18.3 Å². The molecule has 13 heteroatoms. The van der Waals surface area contributed by atoms with Crippen LogP contribution in [0.2, 0.25) is 18.1 Å². The average molecular weight is 808 g/mol. The van der Waals surface area contributed by atoms with Gasteiger partial charge in [0.15, 0.2) is 26.6 Å². The molecule has 0 saturated carbocycles. The predicted octanol–water partition coefficient (Wildman–Crippen LogP) is 8.48. The van der Waals surface area contributed by atoms with Gasteiger partial charge in [-0.05, 0) is 75.3 Å². The number of esters is 3. The molecule has 0 radical (unpaired) electrons. The topological polar surface area (TPSA) is 133 Å². The van der Waals surface area contributed by atoms with Crippen molar-refractivity contribution >= 4 is 55.6 Å². The Kier molecular flexibility index (Phi) is 15.5. The number of benzene rings is 3. The van der Waals surface area contributed by atoms with E-state index in [0.29, 0.717) is 12.4 Å². The smallest absolute Gasteiger partial charge is 0.338 e. The molecule has 4 rings (SSSR count). The molecule has 1 fully saturated rings. The summed E-state index contributed by atoms with van der Waals surface area (Å²) in [7, 11) is -2.10. The minimum absolute atomic E-state index is 0.00315. The van der Waals surface area contributed by atoms with Crippen LogP contribution in [-0.4, -0.2) is 84.0 Å². The van der Waals surface area contributed by atoms with Gasteiger partial charge in [-0.25, -0.2) is 14.4 Å². The number of ether oxygens (including phenoxy) is 4. The van der Waals surface area contributed by atoms with Crippen molar-refractivity contribution in [1.82, 2.24) is 0 Å². The van der Waals surface area contributed by atoms with Crippen molar-refractivity contribution in [3.05, 3.63) is 120 Å². The molecule has 0 spiro atoms. The summed E-state index contributed by atoms with van der Waals surface area (Å²) in [6, 6.07) is 25.0. The zero-order chi connectivity index (χ0) is 40.4. The van der Waals surface area contributed by atoms with E-state index in [0.717, 1.165) is 0 Å². The first-order valence-electron chi connectivity index (χ1n) is 18.2. The molecule has 0 aliphatic carbocycles. The van der Waals surface area contributed by atoms with Gasteiger partial charge in [0.25, 0.3) is 0 Å². The molecule has 1 aliphatic rings. The highest BCUT2D eigenvalue weighted by atomic mass is 32.2. The molecule has 1 aliphatic heterocycles. The minimum Gasteiger partial charge on any atom is -0.591 e. The van der Waals surface area contributed by atoms with Gasteiger partial charge in [-0.2, -0.15) is 0 Å². The first-order valence-corrected chi connectivity index (χ1v) is 23.3. The number of carbonyl (C=O) groups excluding carboxylic acids is 3. The van der Waals surface area contributed by atoms with E-state index in [1.165, 1.54) is 18.0 Å². The maximum absolute atomic E-state index is 13.8. The third kappa shape index (κ3) is 12.4. The monoisotopic (exact) mass is 807 g/mol. The molecule has 7 atom stereocenters. The molecule has 0 N–H and O–H groups in total. The van der Waals surface area contributed by atoms with Crippen LogP contribution in [0.4, 0.5) is 0 Å². The first kappa shape index (κ1) is 44.0. The van der Waals surface area contributed by atoms with Crippen LogP contribution in [0.5, 0.6) is 0 Å². The first-order chi connectivity index (χ1) is 25.9. The maximum Gasteiger partial charge on any atom is 0.338 e. The molecule has 3 aromatic rings. The summed E-state index contributed by atoms with van der Waals surface area (Å²) in [6.45, 7) is 20.7. The van der Waals surface area contributed by atoms with Gasteiger partial charge in [-0.3, -0.25) is 0 Å². The van der Waals surface area contributed by atoms with Gasteiger partial charge >= 0.3 is 17.9 Å². The van der Waals surface area contributed by atoms with Crippen LogP contribution in [-0.2, 0) is 34.7 Å². The lowest BCUT2D eigenvalue weighted by Crippen LogP contribution is -2.61. The lowest BCUT2D eigenvalue weighted by Gasteiger charge is -2.43. The Labute approximate surface area is 333 Å². The molecule has 3 aromatic carbocycles. The van der Waals surface area contributed by atoms with Gasteiger partial charge < -0.3 is 27.9 Å². The van der Waals surface area contributed by atoms with E-state index >= 15 is 0 Å². The van der Waals surface area contributed by atoms with E-state index < -0.39 is 72.2 Å². The van der Waals surface area contributed by atoms with Crippen LogP contribution >= 0.6 is 11.8 Å². The van der Waals surface area contributed by atoms with Gasteiger partial charge in [0.2, 0.25) is 0 Å². The van der Waals surface area contributed by atoms with E-state index in [1.54, 1.807) is 112 Å². The second kappa shape index (κ2) is 19.4. The predicted molar refractivity (Wildman–Crippen MR) is 221 cm³/mol. The summed E-state index contributed by atoms with van der Waals surface area (Å²) in [5.41, 5.74) is -0.265. The Hall–Kier alpha value is -3.72. The number of nitrogens with zero attached hydrogens (tertiary/aromatic N) is 1. The Morgan fingerprint density at radius 3 is 1.65 bits per heavy atom. The molecule has 0 bridgehead atoms. The van der Waals surface area contributed by atoms with E-state index in [9.17, 15) is 18.9 Å². The fourth-order valence-corrected chi connectivity index (χ4v) is 7.88. The molecule has 2 unspecified atom stereocenters. The van der Waals surface area contributed by atoms with Crippen LogP contribution in [0.1, 0.15) is 72.6 Å². The molecule has 55 heavy (non-hydrogen) atoms. The number of hydrogen-bond donors (Lipinski definition) is 0. The highest BCUT2D eigenvalue weighted by Gasteiger charge is 2.53. The molecule has 10 nitrogen and oxygen atoms in total. The zero-order valence-electron chi connectivity index (χ0n) is 32.8. The molecule has 296 valence electrons. The second-order valence-corrected chi connectivity index (χ2v) is 23.6. The third-order valence-corrected chi connectivity index (χ3v) is 16.6. The third-order valence-electron chi connectivity index (χ3n) is 9.39. The number of thioether (sulfide) groups is 1. The normalized spacial score (nSPS) is 21.7. The maximum atomic E-state index is 13.8. The lowest BCUT2D eigenvalue weighted by molar-refractivity contribution is -0.181. The zero-order valence-corrected chi connectivity index (χ0v) is 35.5. The SMILES string of the molecule is C=CC(CO[Si](C)(C)C(C)(C)C)CS[C@H]1O[C@H](C=N[S+]([O-])C(C)(C)C)[C@H](OC(=O)c2ccccc2)[C@H](OC(=O)c2ccccc2)[C@H]1OC(=O)c1ccccc1. The molecular formula is C42H53NO9S2Si. The van der Waals surface area contributed by atoms with E-state index in [-0.39, 0.29) is 27.6 Å². The van der Waals surface area contributed by atoms with Gasteiger partial charge in [0.05, 0.1) is 22.9 Å². The van der Waals surface area contributed by atoms with Crippen LogP contribution in [0.3, 0.4) is 0 Å². The molecule has 0 amide bonds. The quantitative estimate of drug-likeness (QED) is 0.0368. The summed E-state index contributed by atoms with van der Waals surface area (Å²) in [5, 5.41) is -0.00315. The molecule has 1 saturated heterocycles. The van der Waals surface area contributed by atoms with Crippen molar-refractivity contribution in [2.24, 2.45) is 10.3 Å². The molecule has 0 aromatic heterocycles. The van der Waals surface area contributed by atoms with Gasteiger partial charge in [-0.1, -0.05) is 85.8 Å². The van der Waals surface area contributed by atoms with Gasteiger partial charge in [0.1, 0.15) is 27.6 Å². The highest BCUT2D eigenvalue weighted by molar-refractivity contribution is 7.99. The summed E-state index contributed by atoms with van der Waals surface area (Å²) in [5.74, 6) is -1.88. The molecular weight excluding hydrogens is 755 g/mol. The Balaban J connectivity index is 1.80. The van der Waals surface area contributed by atoms with E-state index in [1.807, 2.05) is 6.08 Å². The highest BCUT2D eigenvalue weighted by Crippen LogP contribution is 2.39. The van der Waals surface area contributed by atoms with E-state index in [2.05, 4.69) is 44.8 Å². The Morgan fingerprint density at radius 2 is 1.24 bits per heavy atom. The van der Waals surface area contributed by atoms with Crippen molar-refractivity contribution < 1.29 is 42.3 Å². The van der Waals surface area contributed by atoms with Crippen molar-refractivity contribution in [3.63, 3.8) is 0 Å². The van der Waals surface area contributed by atoms with Crippen molar-refractivity contribution in [2.45, 2.75) is 94.3 Å². The molecule has 1 heterocycles. The van der Waals surface area contributed by atoms with E-state index in [4.69, 9.17) is 23.4 Å². The van der Waals surface area contributed by atoms with Crippen molar-refractivity contribution in [1.29, 1.82) is 0 Å². The standard InChI is InChI=1S/C42H53NO9S2Si/c1-10-29(27-48-55(8,9)42(5,6)7)28-53-40-36(52-39(46)32-24-18-13-19-25-32)35(51-38(45)31-22-16-12-17-23-31)34(50-37(44)30-20-14-11-15-21-30)33(49-40)26-43-54(47)41(2,3)4/h10-26,29,33-36,40H,1,27-28H2,2-9H3/t29?,33-,34+,35+,36-,40-,54?/m1/s1. The number of rotatable bonds is 15. The number of carbonyl (C=O) groups is 3. The fourth-order valence-electron chi connectivity index (χ4n) is 4.99. The minimum atomic E-state index is -2.10. The van der Waals surface area contributed by atoms with Crippen LogP contribution in [0.15, 0.2) is 108 Å². The second-order valence-electron chi connectivity index (χ2n) is 15.7.